The van der Waals surface area contributed by atoms with Gasteiger partial charge in [0.2, 0.25) is 5.91 Å². The standard InChI is InChI=1S/C21H20N4O3S/c22-10-16-12-29-13-25(16)20(26)11-24-21(27)17-3-6-23-19-2-1-15(9-18(17)19)14-4-7-28-8-5-14/h1-4,6,9,16H,5,7-8,11-13H2,(H,24,27)/t16-/m1/s1. The molecule has 2 aliphatic rings. The molecular formula is C21H20N4O3S. The Morgan fingerprint density at radius 3 is 3.07 bits per heavy atom. The summed E-state index contributed by atoms with van der Waals surface area (Å²) in [7, 11) is 0. The quantitative estimate of drug-likeness (QED) is 0.833. The number of thioether (sulfide) groups is 1. The fourth-order valence-corrected chi connectivity index (χ4v) is 4.59. The van der Waals surface area contributed by atoms with E-state index in [1.54, 1.807) is 12.3 Å². The zero-order chi connectivity index (χ0) is 20.2. The highest BCUT2D eigenvalue weighted by Gasteiger charge is 2.29. The van der Waals surface area contributed by atoms with Gasteiger partial charge in [0.25, 0.3) is 5.91 Å². The molecule has 1 N–H and O–H groups in total. The predicted molar refractivity (Wildman–Crippen MR) is 111 cm³/mol. The normalized spacial score (nSPS) is 18.9. The van der Waals surface area contributed by atoms with Crippen molar-refractivity contribution in [3.8, 4) is 6.07 Å². The lowest BCUT2D eigenvalue weighted by Gasteiger charge is -2.19. The number of nitrogens with one attached hydrogen (secondary N) is 1. The van der Waals surface area contributed by atoms with E-state index in [-0.39, 0.29) is 18.4 Å². The molecule has 1 fully saturated rings. The Kier molecular flexibility index (Phi) is 5.79. The van der Waals surface area contributed by atoms with Crippen LogP contribution in [0.2, 0.25) is 0 Å². The Bertz CT molecular complexity index is 1030. The highest BCUT2D eigenvalue weighted by Crippen LogP contribution is 2.26. The van der Waals surface area contributed by atoms with Crippen LogP contribution in [0.4, 0.5) is 0 Å². The number of ether oxygens (including phenoxy) is 1. The van der Waals surface area contributed by atoms with Gasteiger partial charge >= 0.3 is 0 Å². The van der Waals surface area contributed by atoms with E-state index in [2.05, 4.69) is 22.4 Å². The molecule has 7 nitrogen and oxygen atoms in total. The molecule has 3 heterocycles. The van der Waals surface area contributed by atoms with Crippen LogP contribution < -0.4 is 5.32 Å². The number of amides is 2. The van der Waals surface area contributed by atoms with Gasteiger partial charge in [0, 0.05) is 17.3 Å². The minimum Gasteiger partial charge on any atom is -0.377 e. The van der Waals surface area contributed by atoms with Crippen molar-refractivity contribution in [2.45, 2.75) is 12.5 Å². The number of carbonyl (C=O) groups is 2. The van der Waals surface area contributed by atoms with Crippen LogP contribution in [0.5, 0.6) is 0 Å². The van der Waals surface area contributed by atoms with Crippen LogP contribution in [0.15, 0.2) is 36.5 Å². The summed E-state index contributed by atoms with van der Waals surface area (Å²) >= 11 is 1.54. The molecule has 1 aromatic carbocycles. The third-order valence-electron chi connectivity index (χ3n) is 5.07. The number of aromatic nitrogens is 1. The lowest BCUT2D eigenvalue weighted by Crippen LogP contribution is -2.42. The van der Waals surface area contributed by atoms with Crippen molar-refractivity contribution in [1.82, 2.24) is 15.2 Å². The van der Waals surface area contributed by atoms with Crippen LogP contribution in [0.25, 0.3) is 16.5 Å². The maximum atomic E-state index is 12.8. The van der Waals surface area contributed by atoms with Crippen molar-refractivity contribution in [3.63, 3.8) is 0 Å². The Morgan fingerprint density at radius 1 is 1.38 bits per heavy atom. The molecule has 1 saturated heterocycles. The second kappa shape index (κ2) is 8.64. The molecule has 148 valence electrons. The average molecular weight is 408 g/mol. The minimum atomic E-state index is -0.429. The highest BCUT2D eigenvalue weighted by atomic mass is 32.2. The zero-order valence-corrected chi connectivity index (χ0v) is 16.6. The van der Waals surface area contributed by atoms with Gasteiger partial charge in [-0.1, -0.05) is 12.1 Å². The first-order chi connectivity index (χ1) is 14.2. The predicted octanol–water partition coefficient (Wildman–Crippen LogP) is 2.19. The van der Waals surface area contributed by atoms with E-state index in [1.807, 2.05) is 18.2 Å². The summed E-state index contributed by atoms with van der Waals surface area (Å²) in [6.07, 6.45) is 4.48. The van der Waals surface area contributed by atoms with E-state index in [1.165, 1.54) is 22.2 Å². The van der Waals surface area contributed by atoms with Gasteiger partial charge < -0.3 is 15.0 Å². The summed E-state index contributed by atoms with van der Waals surface area (Å²) in [5, 5.41) is 12.6. The molecule has 1 atom stereocenters. The molecule has 4 rings (SSSR count). The van der Waals surface area contributed by atoms with Gasteiger partial charge in [0.1, 0.15) is 6.04 Å². The molecule has 0 saturated carbocycles. The molecule has 8 heteroatoms. The monoisotopic (exact) mass is 408 g/mol. The molecule has 0 aliphatic carbocycles. The molecule has 1 aromatic heterocycles. The Morgan fingerprint density at radius 2 is 2.28 bits per heavy atom. The molecule has 2 amide bonds. The summed E-state index contributed by atoms with van der Waals surface area (Å²) < 4.78 is 5.37. The third kappa shape index (κ3) is 4.11. The molecule has 29 heavy (non-hydrogen) atoms. The van der Waals surface area contributed by atoms with Gasteiger partial charge in [-0.3, -0.25) is 14.6 Å². The number of pyridine rings is 1. The van der Waals surface area contributed by atoms with Gasteiger partial charge in [-0.05, 0) is 35.8 Å². The van der Waals surface area contributed by atoms with E-state index in [0.717, 1.165) is 22.9 Å². The van der Waals surface area contributed by atoms with Gasteiger partial charge in [-0.2, -0.15) is 5.26 Å². The number of carbonyl (C=O) groups excluding carboxylic acids is 2. The van der Waals surface area contributed by atoms with Gasteiger partial charge in [-0.25, -0.2) is 0 Å². The topological polar surface area (TPSA) is 95.3 Å². The fourth-order valence-electron chi connectivity index (χ4n) is 3.48. The lowest BCUT2D eigenvalue weighted by molar-refractivity contribution is -0.129. The first-order valence-corrected chi connectivity index (χ1v) is 10.5. The number of nitrogens with zero attached hydrogens (tertiary/aromatic N) is 3. The zero-order valence-electron chi connectivity index (χ0n) is 15.8. The van der Waals surface area contributed by atoms with Crippen LogP contribution in [0, 0.1) is 11.3 Å². The summed E-state index contributed by atoms with van der Waals surface area (Å²) in [4.78, 5) is 31.0. The van der Waals surface area contributed by atoms with E-state index < -0.39 is 6.04 Å². The number of fused-ring (bicyclic) bond motifs is 1. The first-order valence-electron chi connectivity index (χ1n) is 9.38. The minimum absolute atomic E-state index is 0.135. The number of hydrogen-bond acceptors (Lipinski definition) is 6. The molecular weight excluding hydrogens is 388 g/mol. The highest BCUT2D eigenvalue weighted by molar-refractivity contribution is 7.99. The molecule has 0 radical (unpaired) electrons. The largest absolute Gasteiger partial charge is 0.377 e. The second-order valence-electron chi connectivity index (χ2n) is 6.84. The van der Waals surface area contributed by atoms with Crippen molar-refractivity contribution < 1.29 is 14.3 Å². The second-order valence-corrected chi connectivity index (χ2v) is 7.84. The molecule has 0 spiro atoms. The van der Waals surface area contributed by atoms with E-state index in [9.17, 15) is 9.59 Å². The summed E-state index contributed by atoms with van der Waals surface area (Å²) in [5.74, 6) is 0.507. The Balaban J connectivity index is 1.53. The Labute approximate surface area is 172 Å². The fraction of sp³-hybridized carbons (Fsp3) is 0.333. The van der Waals surface area contributed by atoms with E-state index in [0.29, 0.717) is 30.4 Å². The lowest BCUT2D eigenvalue weighted by atomic mass is 9.98. The smallest absolute Gasteiger partial charge is 0.252 e. The number of hydrogen-bond donors (Lipinski definition) is 1. The first kappa shape index (κ1) is 19.4. The summed E-state index contributed by atoms with van der Waals surface area (Å²) in [6.45, 7) is 1.14. The van der Waals surface area contributed by atoms with Gasteiger partial charge in [0.15, 0.2) is 0 Å². The van der Waals surface area contributed by atoms with Crippen molar-refractivity contribution in [1.29, 1.82) is 5.26 Å². The third-order valence-corrected chi connectivity index (χ3v) is 6.08. The number of rotatable bonds is 4. The van der Waals surface area contributed by atoms with Crippen LogP contribution in [0.1, 0.15) is 22.3 Å². The molecule has 2 aromatic rings. The van der Waals surface area contributed by atoms with Crippen molar-refractivity contribution in [2.75, 3.05) is 31.4 Å². The number of nitriles is 1. The van der Waals surface area contributed by atoms with Crippen LogP contribution in [-0.2, 0) is 9.53 Å². The van der Waals surface area contributed by atoms with Crippen LogP contribution >= 0.6 is 11.8 Å². The van der Waals surface area contributed by atoms with Gasteiger partial charge in [-0.15, -0.1) is 11.8 Å². The average Bonchev–Trinajstić information content (AvgIpc) is 3.26. The Hall–Kier alpha value is -2.89. The SMILES string of the molecule is N#C[C@@H]1CSCN1C(=O)CNC(=O)c1ccnc2ccc(C3=CCOCC3)cc12. The van der Waals surface area contributed by atoms with Crippen LogP contribution in [0.3, 0.4) is 0 Å². The number of benzene rings is 1. The molecule has 2 aliphatic heterocycles. The van der Waals surface area contributed by atoms with Crippen LogP contribution in [-0.4, -0.2) is 59.1 Å². The van der Waals surface area contributed by atoms with Crippen molar-refractivity contribution in [2.24, 2.45) is 0 Å². The van der Waals surface area contributed by atoms with Crippen molar-refractivity contribution in [3.05, 3.63) is 47.7 Å². The van der Waals surface area contributed by atoms with E-state index >= 15 is 0 Å². The summed E-state index contributed by atoms with van der Waals surface area (Å²) in [6, 6.07) is 9.24. The maximum Gasteiger partial charge on any atom is 0.252 e. The van der Waals surface area contributed by atoms with E-state index in [4.69, 9.17) is 10.00 Å². The molecule has 0 unspecified atom stereocenters. The summed E-state index contributed by atoms with van der Waals surface area (Å²) in [5.41, 5.74) is 3.44. The maximum absolute atomic E-state index is 12.8. The molecule has 0 bridgehead atoms. The van der Waals surface area contributed by atoms with Gasteiger partial charge in [0.05, 0.1) is 42.8 Å². The van der Waals surface area contributed by atoms with Crippen molar-refractivity contribution >= 4 is 40.1 Å².